The molecule has 0 atom stereocenters. The van der Waals surface area contributed by atoms with E-state index in [1.54, 1.807) is 24.3 Å². The Morgan fingerprint density at radius 1 is 1.10 bits per heavy atom. The minimum atomic E-state index is -4.50. The van der Waals surface area contributed by atoms with Crippen LogP contribution in [0.5, 0.6) is 11.6 Å². The molecule has 0 amide bonds. The van der Waals surface area contributed by atoms with E-state index < -0.39 is 11.9 Å². The Labute approximate surface area is 112 Å². The molecule has 104 valence electrons. The first kappa shape index (κ1) is 13.9. The molecule has 2 rings (SSSR count). The van der Waals surface area contributed by atoms with E-state index in [1.165, 1.54) is 18.3 Å². The van der Waals surface area contributed by atoms with Crippen LogP contribution in [0.2, 0.25) is 0 Å². The summed E-state index contributed by atoms with van der Waals surface area (Å²) in [4.78, 5) is 3.40. The van der Waals surface area contributed by atoms with Crippen LogP contribution in [0.25, 0.3) is 0 Å². The molecule has 0 aliphatic rings. The van der Waals surface area contributed by atoms with Crippen LogP contribution in [0, 0.1) is 0 Å². The van der Waals surface area contributed by atoms with Crippen molar-refractivity contribution in [3.05, 3.63) is 53.7 Å². The van der Waals surface area contributed by atoms with Gasteiger partial charge >= 0.3 is 6.18 Å². The van der Waals surface area contributed by atoms with Crippen molar-refractivity contribution in [1.82, 2.24) is 4.98 Å². The van der Waals surface area contributed by atoms with E-state index in [1.807, 2.05) is 0 Å². The highest BCUT2D eigenvalue weighted by molar-refractivity contribution is 5.79. The van der Waals surface area contributed by atoms with Gasteiger partial charge in [0.05, 0.1) is 6.21 Å². The fourth-order valence-corrected chi connectivity index (χ4v) is 1.46. The summed E-state index contributed by atoms with van der Waals surface area (Å²) < 4.78 is 42.8. The smallest absolute Gasteiger partial charge is 0.433 e. The number of benzene rings is 1. The van der Waals surface area contributed by atoms with Gasteiger partial charge in [-0.25, -0.2) is 4.98 Å². The predicted molar refractivity (Wildman–Crippen MR) is 67.5 cm³/mol. The highest BCUT2D eigenvalue weighted by atomic mass is 19.4. The molecule has 1 aromatic heterocycles. The zero-order valence-electron chi connectivity index (χ0n) is 10.1. The Kier molecular flexibility index (Phi) is 3.88. The lowest BCUT2D eigenvalue weighted by atomic mass is 10.2. The monoisotopic (exact) mass is 281 g/mol. The quantitative estimate of drug-likeness (QED) is 0.534. The third kappa shape index (κ3) is 3.47. The number of ether oxygens (including phenoxy) is 1. The van der Waals surface area contributed by atoms with Gasteiger partial charge in [0.25, 0.3) is 0 Å². The lowest BCUT2D eigenvalue weighted by Crippen LogP contribution is -2.07. The minimum absolute atomic E-state index is 0.125. The van der Waals surface area contributed by atoms with Crippen molar-refractivity contribution >= 4 is 6.21 Å². The van der Waals surface area contributed by atoms with Crippen molar-refractivity contribution in [3.8, 4) is 11.6 Å². The van der Waals surface area contributed by atoms with E-state index in [9.17, 15) is 13.2 Å². The Balaban J connectivity index is 2.17. The Morgan fingerprint density at radius 2 is 1.80 bits per heavy atom. The second kappa shape index (κ2) is 5.60. The summed E-state index contributed by atoms with van der Waals surface area (Å²) in [6.45, 7) is 0. The van der Waals surface area contributed by atoms with Crippen molar-refractivity contribution < 1.29 is 17.9 Å². The molecule has 0 saturated carbocycles. The Morgan fingerprint density at radius 3 is 2.40 bits per heavy atom. The standard InChI is InChI=1S/C13H10F3N3O/c14-13(15,16)11-2-1-3-12(19-11)20-10-6-4-9(5-7-10)8-18-17/h1-8H,17H2. The van der Waals surface area contributed by atoms with Gasteiger partial charge in [0, 0.05) is 6.07 Å². The van der Waals surface area contributed by atoms with Crippen LogP contribution in [0.3, 0.4) is 0 Å². The van der Waals surface area contributed by atoms with Gasteiger partial charge in [-0.3, -0.25) is 0 Å². The lowest BCUT2D eigenvalue weighted by Gasteiger charge is -2.08. The Hall–Kier alpha value is -2.57. The van der Waals surface area contributed by atoms with Crippen LogP contribution in [-0.4, -0.2) is 11.2 Å². The number of nitrogens with zero attached hydrogens (tertiary/aromatic N) is 2. The summed E-state index contributed by atoms with van der Waals surface area (Å²) in [6.07, 6.45) is -3.06. The summed E-state index contributed by atoms with van der Waals surface area (Å²) >= 11 is 0. The number of hydrogen-bond acceptors (Lipinski definition) is 4. The van der Waals surface area contributed by atoms with Crippen LogP contribution >= 0.6 is 0 Å². The number of hydrazone groups is 1. The lowest BCUT2D eigenvalue weighted by molar-refractivity contribution is -0.141. The largest absolute Gasteiger partial charge is 0.439 e. The number of nitrogens with two attached hydrogens (primary N) is 1. The number of pyridine rings is 1. The molecule has 0 radical (unpaired) electrons. The SMILES string of the molecule is NN=Cc1ccc(Oc2cccc(C(F)(F)F)n2)cc1. The van der Waals surface area contributed by atoms with Crippen LogP contribution in [0.4, 0.5) is 13.2 Å². The van der Waals surface area contributed by atoms with Crippen molar-refractivity contribution in [2.45, 2.75) is 6.18 Å². The molecule has 7 heteroatoms. The molecule has 0 aliphatic heterocycles. The molecule has 2 N–H and O–H groups in total. The Bertz CT molecular complexity index is 609. The van der Waals surface area contributed by atoms with Gasteiger partial charge in [0.15, 0.2) is 0 Å². The fourth-order valence-electron chi connectivity index (χ4n) is 1.46. The molecule has 4 nitrogen and oxygen atoms in total. The van der Waals surface area contributed by atoms with E-state index in [0.717, 1.165) is 11.6 Å². The first-order valence-corrected chi connectivity index (χ1v) is 5.54. The average Bonchev–Trinajstić information content (AvgIpc) is 2.41. The normalized spacial score (nSPS) is 11.8. The van der Waals surface area contributed by atoms with Crippen molar-refractivity contribution in [3.63, 3.8) is 0 Å². The molecular weight excluding hydrogens is 271 g/mol. The highest BCUT2D eigenvalue weighted by Crippen LogP contribution is 2.29. The molecule has 1 heterocycles. The number of aromatic nitrogens is 1. The van der Waals surface area contributed by atoms with Gasteiger partial charge < -0.3 is 10.6 Å². The number of halogens is 3. The van der Waals surface area contributed by atoms with Gasteiger partial charge in [-0.15, -0.1) is 0 Å². The summed E-state index contributed by atoms with van der Waals surface area (Å²) in [6, 6.07) is 9.97. The molecule has 20 heavy (non-hydrogen) atoms. The average molecular weight is 281 g/mol. The minimum Gasteiger partial charge on any atom is -0.439 e. The molecule has 0 spiro atoms. The van der Waals surface area contributed by atoms with E-state index in [-0.39, 0.29) is 5.88 Å². The van der Waals surface area contributed by atoms with Crippen molar-refractivity contribution in [2.75, 3.05) is 0 Å². The summed E-state index contributed by atoms with van der Waals surface area (Å²) in [5.74, 6) is 5.24. The van der Waals surface area contributed by atoms with Gasteiger partial charge in [0.2, 0.25) is 5.88 Å². The molecule has 0 saturated heterocycles. The maximum atomic E-state index is 12.5. The van der Waals surface area contributed by atoms with Crippen molar-refractivity contribution in [1.29, 1.82) is 0 Å². The second-order valence-corrected chi connectivity index (χ2v) is 3.81. The summed E-state index contributed by atoms with van der Waals surface area (Å²) in [5.41, 5.74) is -0.251. The zero-order valence-corrected chi connectivity index (χ0v) is 10.1. The van der Waals surface area contributed by atoms with Gasteiger partial charge in [0.1, 0.15) is 11.4 Å². The summed E-state index contributed by atoms with van der Waals surface area (Å²) in [7, 11) is 0. The first-order valence-electron chi connectivity index (χ1n) is 5.54. The number of hydrogen-bond donors (Lipinski definition) is 1. The van der Waals surface area contributed by atoms with E-state index in [4.69, 9.17) is 10.6 Å². The topological polar surface area (TPSA) is 60.5 Å². The molecule has 0 bridgehead atoms. The molecule has 2 aromatic rings. The maximum absolute atomic E-state index is 12.5. The van der Waals surface area contributed by atoms with E-state index in [2.05, 4.69) is 10.1 Å². The molecule has 1 aromatic carbocycles. The fraction of sp³-hybridized carbons (Fsp3) is 0.0769. The third-order valence-corrected chi connectivity index (χ3v) is 2.34. The predicted octanol–water partition coefficient (Wildman–Crippen LogP) is 3.19. The molecular formula is C13H10F3N3O. The van der Waals surface area contributed by atoms with E-state index in [0.29, 0.717) is 5.75 Å². The van der Waals surface area contributed by atoms with Crippen LogP contribution in [0.1, 0.15) is 11.3 Å². The van der Waals surface area contributed by atoms with Gasteiger partial charge in [-0.1, -0.05) is 6.07 Å². The zero-order chi connectivity index (χ0) is 14.6. The maximum Gasteiger partial charge on any atom is 0.433 e. The first-order chi connectivity index (χ1) is 9.49. The van der Waals surface area contributed by atoms with Gasteiger partial charge in [-0.05, 0) is 35.9 Å². The number of rotatable bonds is 3. The van der Waals surface area contributed by atoms with Crippen LogP contribution in [-0.2, 0) is 6.18 Å². The molecule has 0 fully saturated rings. The second-order valence-electron chi connectivity index (χ2n) is 3.81. The molecule has 0 unspecified atom stereocenters. The highest BCUT2D eigenvalue weighted by Gasteiger charge is 2.32. The molecule has 0 aliphatic carbocycles. The third-order valence-electron chi connectivity index (χ3n) is 2.34. The van der Waals surface area contributed by atoms with Crippen molar-refractivity contribution in [2.24, 2.45) is 10.9 Å². The van der Waals surface area contributed by atoms with E-state index >= 15 is 0 Å². The van der Waals surface area contributed by atoms with Crippen LogP contribution in [0.15, 0.2) is 47.6 Å². The van der Waals surface area contributed by atoms with Gasteiger partial charge in [-0.2, -0.15) is 18.3 Å². The van der Waals surface area contributed by atoms with Crippen LogP contribution < -0.4 is 10.6 Å². The summed E-state index contributed by atoms with van der Waals surface area (Å²) in [5, 5.41) is 3.36. The number of alkyl halides is 3.